The normalized spacial score (nSPS) is 18.4. The molecule has 3 rings (SSSR count). The largest absolute Gasteiger partial charge is 0.480 e. The van der Waals surface area contributed by atoms with Crippen LogP contribution in [0.4, 0.5) is 0 Å². The van der Waals surface area contributed by atoms with Crippen LogP contribution in [0.25, 0.3) is 11.0 Å². The lowest BCUT2D eigenvalue weighted by molar-refractivity contribution is -0.144. The first-order valence-electron chi connectivity index (χ1n) is 6.46. The molecule has 19 heavy (non-hydrogen) atoms. The average molecular weight is 259 g/mol. The van der Waals surface area contributed by atoms with E-state index in [0.717, 1.165) is 29.7 Å². The average Bonchev–Trinajstić information content (AvgIpc) is 3.17. The first-order chi connectivity index (χ1) is 9.02. The zero-order valence-corrected chi connectivity index (χ0v) is 10.8. The Morgan fingerprint density at radius 1 is 1.53 bits per heavy atom. The highest BCUT2D eigenvalue weighted by Crippen LogP contribution is 2.40. The van der Waals surface area contributed by atoms with Gasteiger partial charge in [0.1, 0.15) is 11.4 Å². The molecule has 1 fully saturated rings. The molecule has 1 aromatic heterocycles. The number of carboxylic acids is 1. The number of hydrogen-bond donors (Lipinski definition) is 2. The molecule has 0 spiro atoms. The fraction of sp³-hybridized carbons (Fsp3) is 0.429. The monoisotopic (exact) mass is 259 g/mol. The van der Waals surface area contributed by atoms with Gasteiger partial charge in [-0.2, -0.15) is 0 Å². The third kappa shape index (κ3) is 1.90. The summed E-state index contributed by atoms with van der Waals surface area (Å²) >= 11 is 0. The fourth-order valence-corrected chi connectivity index (χ4v) is 2.63. The molecule has 0 aliphatic heterocycles. The third-order valence-corrected chi connectivity index (χ3v) is 3.97. The van der Waals surface area contributed by atoms with Gasteiger partial charge < -0.3 is 15.4 Å². The number of hydrogen-bond acceptors (Lipinski definition) is 3. The summed E-state index contributed by atoms with van der Waals surface area (Å²) in [5, 5.41) is 9.45. The van der Waals surface area contributed by atoms with Crippen molar-refractivity contribution < 1.29 is 9.90 Å². The molecule has 1 aromatic carbocycles. The Morgan fingerprint density at radius 3 is 2.84 bits per heavy atom. The van der Waals surface area contributed by atoms with E-state index in [4.69, 9.17) is 5.73 Å². The summed E-state index contributed by atoms with van der Waals surface area (Å²) in [7, 11) is 0. The Hall–Kier alpha value is -1.88. The summed E-state index contributed by atoms with van der Waals surface area (Å²) in [6, 6.07) is 7.72. The van der Waals surface area contributed by atoms with Gasteiger partial charge in [-0.3, -0.25) is 4.79 Å². The van der Waals surface area contributed by atoms with Gasteiger partial charge in [0.05, 0.1) is 17.6 Å². The maximum Gasteiger partial charge on any atom is 0.325 e. The molecule has 0 radical (unpaired) electrons. The second kappa shape index (κ2) is 4.06. The van der Waals surface area contributed by atoms with Crippen LogP contribution in [0, 0.1) is 12.8 Å². The summed E-state index contributed by atoms with van der Waals surface area (Å²) < 4.78 is 1.92. The molecule has 0 amide bonds. The SMILES string of the molecule is Cc1nc2ccccc2n1CC(N)(C(=O)O)C1CC1. The number of benzene rings is 1. The van der Waals surface area contributed by atoms with E-state index in [1.807, 2.05) is 35.8 Å². The minimum Gasteiger partial charge on any atom is -0.480 e. The van der Waals surface area contributed by atoms with Crippen molar-refractivity contribution in [3.05, 3.63) is 30.1 Å². The lowest BCUT2D eigenvalue weighted by atomic mass is 9.94. The maximum atomic E-state index is 11.5. The zero-order chi connectivity index (χ0) is 13.6. The number of carbonyl (C=O) groups is 1. The molecule has 100 valence electrons. The molecule has 0 bridgehead atoms. The van der Waals surface area contributed by atoms with Crippen LogP contribution in [-0.2, 0) is 11.3 Å². The number of nitrogens with zero attached hydrogens (tertiary/aromatic N) is 2. The Bertz CT molecular complexity index is 645. The van der Waals surface area contributed by atoms with Crippen molar-refractivity contribution in [3.8, 4) is 0 Å². The minimum absolute atomic E-state index is 0.0746. The number of nitrogens with two attached hydrogens (primary N) is 1. The summed E-state index contributed by atoms with van der Waals surface area (Å²) in [6.07, 6.45) is 1.79. The molecular formula is C14H17N3O2. The van der Waals surface area contributed by atoms with Gasteiger partial charge in [0.15, 0.2) is 0 Å². The highest BCUT2D eigenvalue weighted by molar-refractivity contribution is 5.81. The lowest BCUT2D eigenvalue weighted by Crippen LogP contribution is -2.53. The van der Waals surface area contributed by atoms with Crippen LogP contribution in [0.5, 0.6) is 0 Å². The second-order valence-electron chi connectivity index (χ2n) is 5.35. The van der Waals surface area contributed by atoms with Gasteiger partial charge in [0, 0.05) is 0 Å². The Balaban J connectivity index is 2.05. The molecule has 1 unspecified atom stereocenters. The van der Waals surface area contributed by atoms with Crippen LogP contribution in [0.15, 0.2) is 24.3 Å². The van der Waals surface area contributed by atoms with E-state index in [1.54, 1.807) is 0 Å². The number of carboxylic acid groups (broad SMARTS) is 1. The number of aromatic nitrogens is 2. The summed E-state index contributed by atoms with van der Waals surface area (Å²) in [5.41, 5.74) is 6.78. The first-order valence-corrected chi connectivity index (χ1v) is 6.46. The van der Waals surface area contributed by atoms with E-state index in [2.05, 4.69) is 4.98 Å². The first kappa shape index (κ1) is 12.2. The predicted molar refractivity (Wildman–Crippen MR) is 71.7 cm³/mol. The van der Waals surface area contributed by atoms with Crippen LogP contribution in [0.2, 0.25) is 0 Å². The quantitative estimate of drug-likeness (QED) is 0.872. The van der Waals surface area contributed by atoms with E-state index in [1.165, 1.54) is 0 Å². The number of imidazole rings is 1. The van der Waals surface area contributed by atoms with E-state index in [-0.39, 0.29) is 12.5 Å². The highest BCUT2D eigenvalue weighted by Gasteiger charge is 2.48. The number of rotatable bonds is 4. The van der Waals surface area contributed by atoms with E-state index >= 15 is 0 Å². The van der Waals surface area contributed by atoms with Gasteiger partial charge in [-0.15, -0.1) is 0 Å². The smallest absolute Gasteiger partial charge is 0.325 e. The van der Waals surface area contributed by atoms with Gasteiger partial charge in [-0.05, 0) is 37.8 Å². The number of fused-ring (bicyclic) bond motifs is 1. The van der Waals surface area contributed by atoms with Crippen molar-refractivity contribution in [2.24, 2.45) is 11.7 Å². The van der Waals surface area contributed by atoms with Crippen molar-refractivity contribution in [1.29, 1.82) is 0 Å². The Morgan fingerprint density at radius 2 is 2.21 bits per heavy atom. The highest BCUT2D eigenvalue weighted by atomic mass is 16.4. The molecule has 2 aromatic rings. The number of aliphatic carboxylic acids is 1. The molecule has 3 N–H and O–H groups in total. The Labute approximate surface area is 111 Å². The van der Waals surface area contributed by atoms with Gasteiger partial charge >= 0.3 is 5.97 Å². The Kier molecular flexibility index (Phi) is 2.60. The van der Waals surface area contributed by atoms with Gasteiger partial charge in [-0.1, -0.05) is 12.1 Å². The van der Waals surface area contributed by atoms with Crippen molar-refractivity contribution >= 4 is 17.0 Å². The molecule has 0 saturated heterocycles. The van der Waals surface area contributed by atoms with Gasteiger partial charge in [0.2, 0.25) is 0 Å². The van der Waals surface area contributed by atoms with Crippen LogP contribution in [0.1, 0.15) is 18.7 Å². The third-order valence-electron chi connectivity index (χ3n) is 3.97. The molecule has 1 aliphatic carbocycles. The van der Waals surface area contributed by atoms with Gasteiger partial charge in [-0.25, -0.2) is 4.98 Å². The predicted octanol–water partition coefficient (Wildman–Crippen LogP) is 1.54. The molecule has 1 aliphatic rings. The lowest BCUT2D eigenvalue weighted by Gasteiger charge is -2.26. The zero-order valence-electron chi connectivity index (χ0n) is 10.8. The van der Waals surface area contributed by atoms with Crippen LogP contribution < -0.4 is 5.73 Å². The standard InChI is InChI=1S/C14H17N3O2/c1-9-16-11-4-2-3-5-12(11)17(9)8-14(15,13(18)19)10-6-7-10/h2-5,10H,6-8,15H2,1H3,(H,18,19). The fourth-order valence-electron chi connectivity index (χ4n) is 2.63. The van der Waals surface area contributed by atoms with Gasteiger partial charge in [0.25, 0.3) is 0 Å². The van der Waals surface area contributed by atoms with Crippen molar-refractivity contribution in [3.63, 3.8) is 0 Å². The summed E-state index contributed by atoms with van der Waals surface area (Å²) in [5.74, 6) is -0.0457. The van der Waals surface area contributed by atoms with Crippen LogP contribution >= 0.6 is 0 Å². The van der Waals surface area contributed by atoms with E-state index in [0.29, 0.717) is 0 Å². The molecule has 5 heteroatoms. The van der Waals surface area contributed by atoms with Crippen LogP contribution in [0.3, 0.4) is 0 Å². The second-order valence-corrected chi connectivity index (χ2v) is 5.35. The number of para-hydroxylation sites is 2. The molecule has 1 atom stereocenters. The molecule has 1 saturated carbocycles. The molecular weight excluding hydrogens is 242 g/mol. The topological polar surface area (TPSA) is 81.1 Å². The summed E-state index contributed by atoms with van der Waals surface area (Å²) in [4.78, 5) is 16.0. The molecule has 5 nitrogen and oxygen atoms in total. The molecule has 1 heterocycles. The van der Waals surface area contributed by atoms with Crippen molar-refractivity contribution in [2.45, 2.75) is 31.8 Å². The summed E-state index contributed by atoms with van der Waals surface area (Å²) in [6.45, 7) is 2.16. The minimum atomic E-state index is -1.19. The maximum absolute atomic E-state index is 11.5. The van der Waals surface area contributed by atoms with E-state index in [9.17, 15) is 9.90 Å². The number of aryl methyl sites for hydroxylation is 1. The van der Waals surface area contributed by atoms with Crippen molar-refractivity contribution in [2.75, 3.05) is 0 Å². The van der Waals surface area contributed by atoms with Crippen molar-refractivity contribution in [1.82, 2.24) is 9.55 Å². The van der Waals surface area contributed by atoms with E-state index < -0.39 is 11.5 Å². The van der Waals surface area contributed by atoms with Crippen LogP contribution in [-0.4, -0.2) is 26.2 Å².